The summed E-state index contributed by atoms with van der Waals surface area (Å²) in [5.41, 5.74) is 1.30. The summed E-state index contributed by atoms with van der Waals surface area (Å²) in [6.45, 7) is 2.62. The highest BCUT2D eigenvalue weighted by atomic mass is 79.9. The van der Waals surface area contributed by atoms with Crippen molar-refractivity contribution in [3.8, 4) is 11.5 Å². The first-order chi connectivity index (χ1) is 10.1. The minimum absolute atomic E-state index is 0.133. The fraction of sp³-hybridized carbons (Fsp3) is 0.188. The van der Waals surface area contributed by atoms with Crippen molar-refractivity contribution in [3.05, 3.63) is 58.1 Å². The number of halogens is 1. The second kappa shape index (κ2) is 7.13. The lowest BCUT2D eigenvalue weighted by atomic mass is 10.2. The number of carboxylic acids is 1. The van der Waals surface area contributed by atoms with E-state index < -0.39 is 5.97 Å². The van der Waals surface area contributed by atoms with Crippen LogP contribution in [0.3, 0.4) is 0 Å². The largest absolute Gasteiger partial charge is 0.490 e. The third kappa shape index (κ3) is 4.49. The van der Waals surface area contributed by atoms with Gasteiger partial charge in [-0.2, -0.15) is 0 Å². The predicted molar refractivity (Wildman–Crippen MR) is 83.3 cm³/mol. The van der Waals surface area contributed by atoms with Crippen LogP contribution in [0.1, 0.15) is 15.9 Å². The van der Waals surface area contributed by atoms with Gasteiger partial charge in [0.25, 0.3) is 0 Å². The molecule has 0 aromatic heterocycles. The molecule has 2 rings (SSSR count). The van der Waals surface area contributed by atoms with Crippen LogP contribution in [-0.4, -0.2) is 24.3 Å². The Hall–Kier alpha value is -2.01. The van der Waals surface area contributed by atoms with Crippen molar-refractivity contribution in [2.75, 3.05) is 13.2 Å². The molecule has 1 N–H and O–H groups in total. The average Bonchev–Trinajstić information content (AvgIpc) is 2.45. The summed E-state index contributed by atoms with van der Waals surface area (Å²) in [7, 11) is 0. The molecule has 0 unspecified atom stereocenters. The van der Waals surface area contributed by atoms with E-state index in [1.165, 1.54) is 11.6 Å². The lowest BCUT2D eigenvalue weighted by Gasteiger charge is -2.11. The van der Waals surface area contributed by atoms with Gasteiger partial charge in [0.05, 0.1) is 0 Å². The highest BCUT2D eigenvalue weighted by molar-refractivity contribution is 9.10. The lowest BCUT2D eigenvalue weighted by Crippen LogP contribution is -2.11. The van der Waals surface area contributed by atoms with Crippen molar-refractivity contribution in [1.82, 2.24) is 0 Å². The molecule has 2 aromatic rings. The molecule has 0 radical (unpaired) electrons. The molecule has 0 saturated carbocycles. The van der Waals surface area contributed by atoms with E-state index >= 15 is 0 Å². The number of carboxylic acid groups (broad SMARTS) is 1. The third-order valence-electron chi connectivity index (χ3n) is 2.80. The molecule has 21 heavy (non-hydrogen) atoms. The Morgan fingerprint density at radius 2 is 1.76 bits per heavy atom. The topological polar surface area (TPSA) is 55.8 Å². The number of ether oxygens (including phenoxy) is 2. The smallest absolute Gasteiger partial charge is 0.339 e. The number of benzene rings is 2. The van der Waals surface area contributed by atoms with Crippen molar-refractivity contribution >= 4 is 21.9 Å². The van der Waals surface area contributed by atoms with Crippen LogP contribution in [0.2, 0.25) is 0 Å². The first kappa shape index (κ1) is 15.4. The molecule has 2 aromatic carbocycles. The maximum Gasteiger partial charge on any atom is 0.339 e. The fourth-order valence-corrected chi connectivity index (χ4v) is 2.08. The Balaban J connectivity index is 1.90. The Labute approximate surface area is 131 Å². The molecule has 0 aliphatic rings. The summed E-state index contributed by atoms with van der Waals surface area (Å²) in [5.74, 6) is 0.0678. The number of carbonyl (C=O) groups is 1. The minimum atomic E-state index is -1.02. The van der Waals surface area contributed by atoms with Gasteiger partial charge in [-0.25, -0.2) is 4.79 Å². The van der Waals surface area contributed by atoms with E-state index in [2.05, 4.69) is 15.9 Å². The van der Waals surface area contributed by atoms with Crippen LogP contribution >= 0.6 is 15.9 Å². The molecule has 5 heteroatoms. The highest BCUT2D eigenvalue weighted by Gasteiger charge is 2.11. The number of rotatable bonds is 6. The van der Waals surface area contributed by atoms with Crippen LogP contribution in [-0.2, 0) is 0 Å². The number of hydrogen-bond donors (Lipinski definition) is 1. The van der Waals surface area contributed by atoms with E-state index in [1.54, 1.807) is 12.1 Å². The molecule has 0 saturated heterocycles. The highest BCUT2D eigenvalue weighted by Crippen LogP contribution is 2.23. The van der Waals surface area contributed by atoms with Crippen molar-refractivity contribution in [3.63, 3.8) is 0 Å². The molecule has 110 valence electrons. The minimum Gasteiger partial charge on any atom is -0.490 e. The van der Waals surface area contributed by atoms with Crippen LogP contribution in [0.25, 0.3) is 0 Å². The fourth-order valence-electron chi connectivity index (χ4n) is 1.74. The quantitative estimate of drug-likeness (QED) is 0.802. The SMILES string of the molecule is Cc1ccc(OCCOc2cc(Br)ccc2C(=O)O)cc1. The summed E-state index contributed by atoms with van der Waals surface area (Å²) in [4.78, 5) is 11.1. The Bertz CT molecular complexity index is 623. The van der Waals surface area contributed by atoms with E-state index in [9.17, 15) is 4.79 Å². The van der Waals surface area contributed by atoms with Gasteiger partial charge in [-0.1, -0.05) is 33.6 Å². The molecule has 0 aliphatic heterocycles. The van der Waals surface area contributed by atoms with Crippen LogP contribution in [0.4, 0.5) is 0 Å². The van der Waals surface area contributed by atoms with Gasteiger partial charge in [0, 0.05) is 4.47 Å². The van der Waals surface area contributed by atoms with Gasteiger partial charge >= 0.3 is 5.97 Å². The van der Waals surface area contributed by atoms with Gasteiger partial charge in [0.1, 0.15) is 30.3 Å². The van der Waals surface area contributed by atoms with Crippen LogP contribution in [0.5, 0.6) is 11.5 Å². The summed E-state index contributed by atoms with van der Waals surface area (Å²) in [5, 5.41) is 9.09. The monoisotopic (exact) mass is 350 g/mol. The molecule has 0 bridgehead atoms. The van der Waals surface area contributed by atoms with Crippen molar-refractivity contribution in [2.45, 2.75) is 6.92 Å². The Morgan fingerprint density at radius 3 is 2.43 bits per heavy atom. The van der Waals surface area contributed by atoms with E-state index in [0.717, 1.165) is 10.2 Å². The van der Waals surface area contributed by atoms with Gasteiger partial charge in [-0.3, -0.25) is 0 Å². The van der Waals surface area contributed by atoms with Gasteiger partial charge in [0.2, 0.25) is 0 Å². The summed E-state index contributed by atoms with van der Waals surface area (Å²) in [6, 6.07) is 12.5. The van der Waals surface area contributed by atoms with Gasteiger partial charge in [-0.15, -0.1) is 0 Å². The molecule has 0 spiro atoms. The number of aryl methyl sites for hydroxylation is 1. The maximum atomic E-state index is 11.1. The van der Waals surface area contributed by atoms with Gasteiger partial charge in [-0.05, 0) is 37.3 Å². The molecular formula is C16H15BrO4. The zero-order chi connectivity index (χ0) is 15.2. The predicted octanol–water partition coefficient (Wildman–Crippen LogP) is 3.91. The number of hydrogen-bond acceptors (Lipinski definition) is 3. The molecule has 0 atom stereocenters. The van der Waals surface area contributed by atoms with Crippen LogP contribution in [0.15, 0.2) is 46.9 Å². The first-order valence-corrected chi connectivity index (χ1v) is 7.20. The molecule has 0 heterocycles. The van der Waals surface area contributed by atoms with Crippen molar-refractivity contribution in [2.24, 2.45) is 0 Å². The second-order valence-corrected chi connectivity index (χ2v) is 5.37. The Kier molecular flexibility index (Phi) is 5.22. The Morgan fingerprint density at radius 1 is 1.10 bits per heavy atom. The van der Waals surface area contributed by atoms with E-state index in [4.69, 9.17) is 14.6 Å². The van der Waals surface area contributed by atoms with E-state index in [1.807, 2.05) is 31.2 Å². The van der Waals surface area contributed by atoms with Crippen molar-refractivity contribution < 1.29 is 19.4 Å². The standard InChI is InChI=1S/C16H15BrO4/c1-11-2-5-13(6-3-11)20-8-9-21-15-10-12(17)4-7-14(15)16(18)19/h2-7,10H,8-9H2,1H3,(H,18,19). The maximum absolute atomic E-state index is 11.1. The van der Waals surface area contributed by atoms with Crippen molar-refractivity contribution in [1.29, 1.82) is 0 Å². The van der Waals surface area contributed by atoms with Gasteiger partial charge < -0.3 is 14.6 Å². The average molecular weight is 351 g/mol. The van der Waals surface area contributed by atoms with Gasteiger partial charge in [0.15, 0.2) is 0 Å². The zero-order valence-electron chi connectivity index (χ0n) is 11.5. The summed E-state index contributed by atoms with van der Waals surface area (Å²) < 4.78 is 11.8. The molecule has 0 aliphatic carbocycles. The molecule has 0 fully saturated rings. The normalized spacial score (nSPS) is 10.2. The van der Waals surface area contributed by atoms with Crippen LogP contribution in [0, 0.1) is 6.92 Å². The first-order valence-electron chi connectivity index (χ1n) is 6.41. The molecule has 0 amide bonds. The zero-order valence-corrected chi connectivity index (χ0v) is 13.1. The van der Waals surface area contributed by atoms with E-state index in [0.29, 0.717) is 12.4 Å². The molecule has 4 nitrogen and oxygen atoms in total. The molecular weight excluding hydrogens is 336 g/mol. The summed E-state index contributed by atoms with van der Waals surface area (Å²) >= 11 is 3.29. The number of aromatic carboxylic acids is 1. The van der Waals surface area contributed by atoms with E-state index in [-0.39, 0.29) is 12.2 Å². The lowest BCUT2D eigenvalue weighted by molar-refractivity contribution is 0.0691. The van der Waals surface area contributed by atoms with Crippen LogP contribution < -0.4 is 9.47 Å². The second-order valence-electron chi connectivity index (χ2n) is 4.46. The third-order valence-corrected chi connectivity index (χ3v) is 3.30. The summed E-state index contributed by atoms with van der Waals surface area (Å²) in [6.07, 6.45) is 0.